The topological polar surface area (TPSA) is 73.3 Å². The molecule has 0 saturated heterocycles. The van der Waals surface area contributed by atoms with E-state index in [1.807, 2.05) is 24.3 Å². The predicted octanol–water partition coefficient (Wildman–Crippen LogP) is 2.15. The zero-order chi connectivity index (χ0) is 14.4. The Morgan fingerprint density at radius 3 is 2.65 bits per heavy atom. The van der Waals surface area contributed by atoms with Crippen LogP contribution in [-0.2, 0) is 16.1 Å². The van der Waals surface area contributed by atoms with Gasteiger partial charge in [0, 0.05) is 18.4 Å². The molecule has 0 aliphatic carbocycles. The van der Waals surface area contributed by atoms with Crippen LogP contribution in [0.2, 0.25) is 0 Å². The van der Waals surface area contributed by atoms with Crippen molar-refractivity contribution in [1.82, 2.24) is 9.97 Å². The molecule has 0 aliphatic heterocycles. The summed E-state index contributed by atoms with van der Waals surface area (Å²) in [5.41, 5.74) is 2.06. The van der Waals surface area contributed by atoms with Gasteiger partial charge in [-0.1, -0.05) is 18.2 Å². The SMILES string of the molecule is COCc1ccccc1Nc1cnc(C(=O)OC)cn1. The first kappa shape index (κ1) is 14.0. The van der Waals surface area contributed by atoms with Gasteiger partial charge >= 0.3 is 5.97 Å². The van der Waals surface area contributed by atoms with E-state index in [9.17, 15) is 4.79 Å². The molecule has 0 bridgehead atoms. The second-order valence-corrected chi connectivity index (χ2v) is 3.99. The van der Waals surface area contributed by atoms with Crippen molar-refractivity contribution in [2.24, 2.45) is 0 Å². The molecular weight excluding hydrogens is 258 g/mol. The van der Waals surface area contributed by atoms with Crippen LogP contribution >= 0.6 is 0 Å². The minimum atomic E-state index is -0.510. The molecule has 1 heterocycles. The highest BCUT2D eigenvalue weighted by atomic mass is 16.5. The largest absolute Gasteiger partial charge is 0.464 e. The molecular formula is C14H15N3O3. The molecule has 0 saturated carbocycles. The van der Waals surface area contributed by atoms with Gasteiger partial charge in [-0.25, -0.2) is 14.8 Å². The van der Waals surface area contributed by atoms with Crippen LogP contribution in [-0.4, -0.2) is 30.2 Å². The number of esters is 1. The fraction of sp³-hybridized carbons (Fsp3) is 0.214. The quantitative estimate of drug-likeness (QED) is 0.841. The zero-order valence-corrected chi connectivity index (χ0v) is 11.3. The average molecular weight is 273 g/mol. The number of hydrogen-bond donors (Lipinski definition) is 1. The van der Waals surface area contributed by atoms with Crippen molar-refractivity contribution in [2.75, 3.05) is 19.5 Å². The van der Waals surface area contributed by atoms with E-state index in [2.05, 4.69) is 20.0 Å². The van der Waals surface area contributed by atoms with Crippen molar-refractivity contribution in [3.8, 4) is 0 Å². The summed E-state index contributed by atoms with van der Waals surface area (Å²) in [5, 5.41) is 3.14. The van der Waals surface area contributed by atoms with E-state index in [1.54, 1.807) is 7.11 Å². The summed E-state index contributed by atoms with van der Waals surface area (Å²) >= 11 is 0. The van der Waals surface area contributed by atoms with Crippen molar-refractivity contribution in [1.29, 1.82) is 0 Å². The molecule has 2 rings (SSSR count). The predicted molar refractivity (Wildman–Crippen MR) is 73.8 cm³/mol. The van der Waals surface area contributed by atoms with Gasteiger partial charge in [-0.3, -0.25) is 0 Å². The smallest absolute Gasteiger partial charge is 0.358 e. The molecule has 0 spiro atoms. The molecule has 0 unspecified atom stereocenters. The highest BCUT2D eigenvalue weighted by Crippen LogP contribution is 2.19. The number of hydrogen-bond acceptors (Lipinski definition) is 6. The molecule has 1 aromatic carbocycles. The first-order valence-corrected chi connectivity index (χ1v) is 5.99. The Hall–Kier alpha value is -2.47. The van der Waals surface area contributed by atoms with Crippen molar-refractivity contribution < 1.29 is 14.3 Å². The fourth-order valence-electron chi connectivity index (χ4n) is 1.66. The van der Waals surface area contributed by atoms with Gasteiger partial charge in [0.05, 0.1) is 26.1 Å². The van der Waals surface area contributed by atoms with E-state index in [0.29, 0.717) is 12.4 Å². The molecule has 104 valence electrons. The Labute approximate surface area is 116 Å². The molecule has 6 heteroatoms. The second kappa shape index (κ2) is 6.63. The van der Waals surface area contributed by atoms with Crippen molar-refractivity contribution in [2.45, 2.75) is 6.61 Å². The number of benzene rings is 1. The van der Waals surface area contributed by atoms with Gasteiger partial charge in [0.15, 0.2) is 5.69 Å². The second-order valence-electron chi connectivity index (χ2n) is 3.99. The lowest BCUT2D eigenvalue weighted by Crippen LogP contribution is -2.06. The van der Waals surface area contributed by atoms with Crippen LogP contribution in [0.4, 0.5) is 11.5 Å². The molecule has 0 atom stereocenters. The van der Waals surface area contributed by atoms with Crippen LogP contribution in [0.5, 0.6) is 0 Å². The molecule has 0 radical (unpaired) electrons. The molecule has 6 nitrogen and oxygen atoms in total. The van der Waals surface area contributed by atoms with Crippen molar-refractivity contribution in [3.63, 3.8) is 0 Å². The monoisotopic (exact) mass is 273 g/mol. The standard InChI is InChI=1S/C14H15N3O3/c1-19-9-10-5-3-4-6-11(10)17-13-8-15-12(7-16-13)14(18)20-2/h3-8H,9H2,1-2H3,(H,16,17). The van der Waals surface area contributed by atoms with Crippen LogP contribution in [0.3, 0.4) is 0 Å². The van der Waals surface area contributed by atoms with E-state index in [-0.39, 0.29) is 5.69 Å². The summed E-state index contributed by atoms with van der Waals surface area (Å²) in [6.07, 6.45) is 2.85. The van der Waals surface area contributed by atoms with E-state index in [4.69, 9.17) is 4.74 Å². The van der Waals surface area contributed by atoms with Gasteiger partial charge in [-0.2, -0.15) is 0 Å². The number of rotatable bonds is 5. The van der Waals surface area contributed by atoms with Gasteiger partial charge < -0.3 is 14.8 Å². The summed E-state index contributed by atoms with van der Waals surface area (Å²) in [6, 6.07) is 7.73. The lowest BCUT2D eigenvalue weighted by molar-refractivity contribution is 0.0593. The summed E-state index contributed by atoms with van der Waals surface area (Å²) in [4.78, 5) is 19.4. The number of nitrogens with one attached hydrogen (secondary N) is 1. The first-order chi connectivity index (χ1) is 9.74. The van der Waals surface area contributed by atoms with Crippen molar-refractivity contribution in [3.05, 3.63) is 47.9 Å². The molecule has 1 aromatic heterocycles. The van der Waals surface area contributed by atoms with E-state index >= 15 is 0 Å². The number of ether oxygens (including phenoxy) is 2. The number of aromatic nitrogens is 2. The molecule has 20 heavy (non-hydrogen) atoms. The third-order valence-electron chi connectivity index (χ3n) is 2.63. The Balaban J connectivity index is 2.16. The highest BCUT2D eigenvalue weighted by molar-refractivity contribution is 5.86. The normalized spacial score (nSPS) is 10.1. The van der Waals surface area contributed by atoms with Crippen molar-refractivity contribution >= 4 is 17.5 Å². The average Bonchev–Trinajstić information content (AvgIpc) is 2.49. The number of anilines is 2. The third kappa shape index (κ3) is 3.30. The van der Waals surface area contributed by atoms with Gasteiger partial charge in [-0.15, -0.1) is 0 Å². The number of carbonyl (C=O) groups excluding carboxylic acids is 1. The maximum atomic E-state index is 11.3. The van der Waals surface area contributed by atoms with E-state index in [1.165, 1.54) is 19.5 Å². The maximum absolute atomic E-state index is 11.3. The molecule has 0 amide bonds. The Morgan fingerprint density at radius 2 is 2.00 bits per heavy atom. The van der Waals surface area contributed by atoms with Gasteiger partial charge in [0.1, 0.15) is 5.82 Å². The van der Waals surface area contributed by atoms with Gasteiger partial charge in [0.2, 0.25) is 0 Å². The lowest BCUT2D eigenvalue weighted by atomic mass is 10.2. The van der Waals surface area contributed by atoms with Gasteiger partial charge in [-0.05, 0) is 6.07 Å². The summed E-state index contributed by atoms with van der Waals surface area (Å²) in [5.74, 6) is 0.0324. The molecule has 1 N–H and O–H groups in total. The Kier molecular flexibility index (Phi) is 4.62. The number of para-hydroxylation sites is 1. The molecule has 2 aromatic rings. The van der Waals surface area contributed by atoms with Crippen LogP contribution in [0.25, 0.3) is 0 Å². The van der Waals surface area contributed by atoms with Gasteiger partial charge in [0.25, 0.3) is 0 Å². The van der Waals surface area contributed by atoms with Crippen LogP contribution in [0.1, 0.15) is 16.1 Å². The fourth-order valence-corrected chi connectivity index (χ4v) is 1.66. The number of methoxy groups -OCH3 is 2. The molecule has 0 fully saturated rings. The van der Waals surface area contributed by atoms with Crippen LogP contribution in [0, 0.1) is 0 Å². The minimum absolute atomic E-state index is 0.170. The van der Waals surface area contributed by atoms with Crippen LogP contribution in [0.15, 0.2) is 36.7 Å². The minimum Gasteiger partial charge on any atom is -0.464 e. The zero-order valence-electron chi connectivity index (χ0n) is 11.3. The van der Waals surface area contributed by atoms with Crippen LogP contribution < -0.4 is 5.32 Å². The number of carbonyl (C=O) groups is 1. The number of nitrogens with zero attached hydrogens (tertiary/aromatic N) is 2. The van der Waals surface area contributed by atoms with E-state index in [0.717, 1.165) is 11.3 Å². The Morgan fingerprint density at radius 1 is 1.20 bits per heavy atom. The first-order valence-electron chi connectivity index (χ1n) is 5.99. The summed E-state index contributed by atoms with van der Waals surface area (Å²) in [6.45, 7) is 0.497. The third-order valence-corrected chi connectivity index (χ3v) is 2.63. The molecule has 0 aliphatic rings. The summed E-state index contributed by atoms with van der Waals surface area (Å²) < 4.78 is 9.70. The lowest BCUT2D eigenvalue weighted by Gasteiger charge is -2.10. The highest BCUT2D eigenvalue weighted by Gasteiger charge is 2.08. The summed E-state index contributed by atoms with van der Waals surface area (Å²) in [7, 11) is 2.94. The Bertz CT molecular complexity index is 584. The van der Waals surface area contributed by atoms with E-state index < -0.39 is 5.97 Å². The maximum Gasteiger partial charge on any atom is 0.358 e.